The lowest BCUT2D eigenvalue weighted by molar-refractivity contribution is 0.274. The maximum Gasteiger partial charge on any atom is 0.245 e. The van der Waals surface area contributed by atoms with Gasteiger partial charge in [-0.25, -0.2) is 17.1 Å². The smallest absolute Gasteiger partial charge is 0.245 e. The van der Waals surface area contributed by atoms with Crippen LogP contribution in [0.4, 0.5) is 4.39 Å². The van der Waals surface area contributed by atoms with E-state index in [0.717, 1.165) is 4.31 Å². The Bertz CT molecular complexity index is 596. The van der Waals surface area contributed by atoms with Gasteiger partial charge in [0.1, 0.15) is 10.7 Å². The molecule has 114 valence electrons. The Kier molecular flexibility index (Phi) is 5.34. The molecule has 0 aromatic heterocycles. The molecule has 0 fully saturated rings. The zero-order chi connectivity index (χ0) is 15.7. The second-order valence-corrected chi connectivity index (χ2v) is 8.79. The molecule has 0 saturated heterocycles. The SMILES string of the molecule is CN(CC(C)(C)C)S(=O)(=O)c1cc(Br)cc(CO)c1F. The van der Waals surface area contributed by atoms with E-state index in [2.05, 4.69) is 15.9 Å². The molecule has 0 bridgehead atoms. The van der Waals surface area contributed by atoms with E-state index in [1.54, 1.807) is 0 Å². The molecule has 0 amide bonds. The van der Waals surface area contributed by atoms with Gasteiger partial charge in [0.2, 0.25) is 10.0 Å². The predicted molar refractivity (Wildman–Crippen MR) is 79.3 cm³/mol. The predicted octanol–water partition coefficient (Wildman–Crippen LogP) is 2.75. The molecule has 1 aromatic rings. The van der Waals surface area contributed by atoms with Crippen LogP contribution in [0.15, 0.2) is 21.5 Å². The van der Waals surface area contributed by atoms with Crippen molar-refractivity contribution in [2.75, 3.05) is 13.6 Å². The third-order valence-electron chi connectivity index (χ3n) is 2.63. The lowest BCUT2D eigenvalue weighted by Gasteiger charge is -2.26. The van der Waals surface area contributed by atoms with Crippen molar-refractivity contribution in [3.63, 3.8) is 0 Å². The molecule has 0 aliphatic carbocycles. The zero-order valence-corrected chi connectivity index (χ0v) is 14.3. The molecule has 0 heterocycles. The third kappa shape index (κ3) is 4.00. The van der Waals surface area contributed by atoms with Gasteiger partial charge in [-0.2, -0.15) is 0 Å². The van der Waals surface area contributed by atoms with E-state index in [1.807, 2.05) is 20.8 Å². The molecule has 4 nitrogen and oxygen atoms in total. The summed E-state index contributed by atoms with van der Waals surface area (Å²) in [5.74, 6) is -0.906. The molecule has 20 heavy (non-hydrogen) atoms. The van der Waals surface area contributed by atoms with E-state index >= 15 is 0 Å². The van der Waals surface area contributed by atoms with Crippen LogP contribution in [0.5, 0.6) is 0 Å². The highest BCUT2D eigenvalue weighted by Crippen LogP contribution is 2.27. The summed E-state index contributed by atoms with van der Waals surface area (Å²) in [4.78, 5) is -0.428. The van der Waals surface area contributed by atoms with Crippen molar-refractivity contribution in [3.05, 3.63) is 28.0 Å². The molecule has 0 saturated carbocycles. The number of aliphatic hydroxyl groups is 1. The summed E-state index contributed by atoms with van der Waals surface area (Å²) in [5, 5.41) is 9.09. The number of benzene rings is 1. The van der Waals surface area contributed by atoms with Gasteiger partial charge < -0.3 is 5.11 Å². The summed E-state index contributed by atoms with van der Waals surface area (Å²) >= 11 is 3.13. The van der Waals surface area contributed by atoms with Crippen LogP contribution in [-0.4, -0.2) is 31.4 Å². The van der Waals surface area contributed by atoms with E-state index in [9.17, 15) is 12.8 Å². The molecule has 0 aliphatic rings. The van der Waals surface area contributed by atoms with Gasteiger partial charge in [-0.1, -0.05) is 36.7 Å². The molecule has 0 unspecified atom stereocenters. The molecule has 1 N–H and O–H groups in total. The van der Waals surface area contributed by atoms with Crippen molar-refractivity contribution in [1.29, 1.82) is 0 Å². The summed E-state index contributed by atoms with van der Waals surface area (Å²) in [6.07, 6.45) is 0. The highest BCUT2D eigenvalue weighted by Gasteiger charge is 2.29. The number of hydrogen-bond donors (Lipinski definition) is 1. The number of rotatable bonds is 4. The number of hydrogen-bond acceptors (Lipinski definition) is 3. The van der Waals surface area contributed by atoms with Crippen molar-refractivity contribution in [2.45, 2.75) is 32.3 Å². The van der Waals surface area contributed by atoms with Gasteiger partial charge in [0, 0.05) is 23.6 Å². The second-order valence-electron chi connectivity index (χ2n) is 5.86. The number of aliphatic hydroxyl groups excluding tert-OH is 1. The number of nitrogens with zero attached hydrogens (tertiary/aromatic N) is 1. The van der Waals surface area contributed by atoms with Gasteiger partial charge >= 0.3 is 0 Å². The van der Waals surface area contributed by atoms with Crippen LogP contribution < -0.4 is 0 Å². The Morgan fingerprint density at radius 1 is 1.35 bits per heavy atom. The molecule has 0 atom stereocenters. The summed E-state index contributed by atoms with van der Waals surface area (Å²) in [6, 6.07) is 2.57. The fraction of sp³-hybridized carbons (Fsp3) is 0.538. The topological polar surface area (TPSA) is 57.6 Å². The Balaban J connectivity index is 3.32. The van der Waals surface area contributed by atoms with Gasteiger partial charge in [-0.15, -0.1) is 0 Å². The fourth-order valence-corrected chi connectivity index (χ4v) is 4.03. The van der Waals surface area contributed by atoms with E-state index < -0.39 is 27.3 Å². The zero-order valence-electron chi connectivity index (χ0n) is 11.9. The summed E-state index contributed by atoms with van der Waals surface area (Å²) in [5.41, 5.74) is -0.300. The number of halogens is 2. The monoisotopic (exact) mass is 367 g/mol. The van der Waals surface area contributed by atoms with Crippen LogP contribution in [0, 0.1) is 11.2 Å². The van der Waals surface area contributed by atoms with Crippen LogP contribution in [0.1, 0.15) is 26.3 Å². The van der Waals surface area contributed by atoms with E-state index in [1.165, 1.54) is 19.2 Å². The standard InChI is InChI=1S/C13H19BrFNO3S/c1-13(2,3)8-16(4)20(18,19)11-6-10(14)5-9(7-17)12(11)15/h5-6,17H,7-8H2,1-4H3. The van der Waals surface area contributed by atoms with Gasteiger partial charge in [0.05, 0.1) is 6.61 Å². The lowest BCUT2D eigenvalue weighted by Crippen LogP contribution is -2.35. The summed E-state index contributed by atoms with van der Waals surface area (Å²) in [7, 11) is -2.52. The minimum atomic E-state index is -3.94. The highest BCUT2D eigenvalue weighted by atomic mass is 79.9. The maximum atomic E-state index is 14.2. The summed E-state index contributed by atoms with van der Waals surface area (Å²) < 4.78 is 40.6. The van der Waals surface area contributed by atoms with Crippen LogP contribution in [0.3, 0.4) is 0 Å². The summed E-state index contributed by atoms with van der Waals surface area (Å²) in [6.45, 7) is 5.40. The van der Waals surface area contributed by atoms with Crippen molar-refractivity contribution in [2.24, 2.45) is 5.41 Å². The molecule has 0 radical (unpaired) electrons. The Morgan fingerprint density at radius 2 is 1.90 bits per heavy atom. The van der Waals surface area contributed by atoms with Gasteiger partial charge in [-0.3, -0.25) is 0 Å². The van der Waals surface area contributed by atoms with E-state index in [0.29, 0.717) is 4.47 Å². The third-order valence-corrected chi connectivity index (χ3v) is 4.90. The first-order valence-electron chi connectivity index (χ1n) is 6.04. The van der Waals surface area contributed by atoms with Crippen molar-refractivity contribution >= 4 is 26.0 Å². The Hall–Kier alpha value is -0.500. The minimum absolute atomic E-state index is 0.0536. The molecular formula is C13H19BrFNO3S. The van der Waals surface area contributed by atoms with Crippen molar-refractivity contribution in [1.82, 2.24) is 4.31 Å². The molecule has 1 aromatic carbocycles. The first-order valence-corrected chi connectivity index (χ1v) is 8.27. The average Bonchev–Trinajstić information content (AvgIpc) is 2.29. The van der Waals surface area contributed by atoms with Crippen molar-refractivity contribution < 1.29 is 17.9 Å². The first-order chi connectivity index (χ1) is 8.99. The van der Waals surface area contributed by atoms with E-state index in [4.69, 9.17) is 5.11 Å². The molecule has 0 spiro atoms. The van der Waals surface area contributed by atoms with Crippen LogP contribution >= 0.6 is 15.9 Å². The number of sulfonamides is 1. The van der Waals surface area contributed by atoms with Gasteiger partial charge in [0.25, 0.3) is 0 Å². The van der Waals surface area contributed by atoms with E-state index in [-0.39, 0.29) is 17.5 Å². The maximum absolute atomic E-state index is 14.2. The average molecular weight is 368 g/mol. The Labute approximate surface area is 127 Å². The molecule has 7 heteroatoms. The first kappa shape index (κ1) is 17.6. The van der Waals surface area contributed by atoms with Gasteiger partial charge in [-0.05, 0) is 17.5 Å². The molecule has 0 aliphatic heterocycles. The Morgan fingerprint density at radius 3 is 2.35 bits per heavy atom. The minimum Gasteiger partial charge on any atom is -0.392 e. The largest absolute Gasteiger partial charge is 0.392 e. The molecular weight excluding hydrogens is 349 g/mol. The van der Waals surface area contributed by atoms with Crippen LogP contribution in [-0.2, 0) is 16.6 Å². The van der Waals surface area contributed by atoms with Crippen LogP contribution in [0.2, 0.25) is 0 Å². The lowest BCUT2D eigenvalue weighted by atomic mass is 9.97. The van der Waals surface area contributed by atoms with Gasteiger partial charge in [0.15, 0.2) is 0 Å². The fourth-order valence-electron chi connectivity index (χ4n) is 1.84. The van der Waals surface area contributed by atoms with Crippen LogP contribution in [0.25, 0.3) is 0 Å². The molecule has 1 rings (SSSR count). The van der Waals surface area contributed by atoms with Crippen molar-refractivity contribution in [3.8, 4) is 0 Å². The normalized spacial score (nSPS) is 13.0. The second kappa shape index (κ2) is 6.09. The highest BCUT2D eigenvalue weighted by molar-refractivity contribution is 9.10. The quantitative estimate of drug-likeness (QED) is 0.889.